The molecule has 0 heterocycles. The van der Waals surface area contributed by atoms with E-state index in [0.717, 1.165) is 12.0 Å². The van der Waals surface area contributed by atoms with Crippen LogP contribution in [-0.4, -0.2) is 12.6 Å². The van der Waals surface area contributed by atoms with Gasteiger partial charge < -0.3 is 5.32 Å². The van der Waals surface area contributed by atoms with Crippen LogP contribution in [0.25, 0.3) is 0 Å². The van der Waals surface area contributed by atoms with Gasteiger partial charge in [-0.2, -0.15) is 0 Å². The van der Waals surface area contributed by atoms with Gasteiger partial charge in [-0.3, -0.25) is 0 Å². The van der Waals surface area contributed by atoms with Gasteiger partial charge in [0.05, 0.1) is 0 Å². The predicted molar refractivity (Wildman–Crippen MR) is 61.4 cm³/mol. The minimum absolute atomic E-state index is 0.715. The van der Waals surface area contributed by atoms with Crippen molar-refractivity contribution in [2.24, 2.45) is 11.3 Å². The van der Waals surface area contributed by atoms with Crippen molar-refractivity contribution in [3.63, 3.8) is 0 Å². The Bertz CT molecular complexity index is 170. The Kier molecular flexibility index (Phi) is 3.16. The summed E-state index contributed by atoms with van der Waals surface area (Å²) >= 11 is 0. The Hall–Kier alpha value is -0.0400. The summed E-state index contributed by atoms with van der Waals surface area (Å²) in [6, 6.07) is 0.895. The molecular formula is C13H25N. The summed E-state index contributed by atoms with van der Waals surface area (Å²) < 4.78 is 0. The summed E-state index contributed by atoms with van der Waals surface area (Å²) in [6.07, 6.45) is 10.2. The van der Waals surface area contributed by atoms with Gasteiger partial charge in [0.15, 0.2) is 0 Å². The molecule has 14 heavy (non-hydrogen) atoms. The second kappa shape index (κ2) is 4.22. The third-order valence-electron chi connectivity index (χ3n) is 4.01. The molecule has 2 aliphatic carbocycles. The maximum Gasteiger partial charge on any atom is 0.00684 e. The number of hydrogen-bond acceptors (Lipinski definition) is 1. The van der Waals surface area contributed by atoms with Crippen molar-refractivity contribution < 1.29 is 0 Å². The van der Waals surface area contributed by atoms with E-state index in [9.17, 15) is 0 Å². The average Bonchev–Trinajstić information content (AvgIpc) is 2.85. The van der Waals surface area contributed by atoms with Crippen LogP contribution in [0.4, 0.5) is 0 Å². The summed E-state index contributed by atoms with van der Waals surface area (Å²) in [4.78, 5) is 0. The van der Waals surface area contributed by atoms with Gasteiger partial charge in [-0.25, -0.2) is 0 Å². The van der Waals surface area contributed by atoms with Crippen molar-refractivity contribution in [2.45, 2.75) is 64.8 Å². The Labute approximate surface area is 88.7 Å². The quantitative estimate of drug-likeness (QED) is 0.685. The van der Waals surface area contributed by atoms with Crippen LogP contribution in [0.3, 0.4) is 0 Å². The monoisotopic (exact) mass is 195 g/mol. The zero-order chi connectivity index (χ0) is 10.0. The van der Waals surface area contributed by atoms with Gasteiger partial charge in [0, 0.05) is 12.6 Å². The van der Waals surface area contributed by atoms with Crippen LogP contribution in [0.2, 0.25) is 0 Å². The van der Waals surface area contributed by atoms with Crippen molar-refractivity contribution in [3.8, 4) is 0 Å². The van der Waals surface area contributed by atoms with Crippen LogP contribution in [0.5, 0.6) is 0 Å². The molecule has 2 saturated carbocycles. The van der Waals surface area contributed by atoms with Crippen LogP contribution >= 0.6 is 0 Å². The molecule has 0 radical (unpaired) electrons. The second-order valence-corrected chi connectivity index (χ2v) is 5.94. The summed E-state index contributed by atoms with van der Waals surface area (Å²) in [6.45, 7) is 6.01. The van der Waals surface area contributed by atoms with Crippen LogP contribution in [0.1, 0.15) is 58.8 Å². The molecule has 82 valence electrons. The van der Waals surface area contributed by atoms with E-state index in [4.69, 9.17) is 0 Å². The van der Waals surface area contributed by atoms with Crippen molar-refractivity contribution >= 4 is 0 Å². The first-order valence-corrected chi connectivity index (χ1v) is 6.44. The zero-order valence-electron chi connectivity index (χ0n) is 9.81. The molecule has 2 aliphatic rings. The molecule has 0 bridgehead atoms. The first kappa shape index (κ1) is 10.5. The maximum absolute atomic E-state index is 3.72. The third-order valence-corrected chi connectivity index (χ3v) is 4.01. The van der Waals surface area contributed by atoms with Crippen LogP contribution in [-0.2, 0) is 0 Å². The molecule has 2 fully saturated rings. The third kappa shape index (κ3) is 2.73. The van der Waals surface area contributed by atoms with Gasteiger partial charge in [0.1, 0.15) is 0 Å². The summed E-state index contributed by atoms with van der Waals surface area (Å²) in [5.74, 6) is 0.883. The van der Waals surface area contributed by atoms with Gasteiger partial charge >= 0.3 is 0 Å². The highest BCUT2D eigenvalue weighted by Crippen LogP contribution is 2.45. The van der Waals surface area contributed by atoms with Gasteiger partial charge in [-0.05, 0) is 43.4 Å². The molecule has 0 spiro atoms. The molecule has 1 heteroatoms. The smallest absolute Gasteiger partial charge is 0.00684 e. The van der Waals surface area contributed by atoms with Crippen molar-refractivity contribution in [1.82, 2.24) is 5.32 Å². The Balaban J connectivity index is 1.70. The van der Waals surface area contributed by atoms with E-state index in [0.29, 0.717) is 5.41 Å². The van der Waals surface area contributed by atoms with Gasteiger partial charge in [0.25, 0.3) is 0 Å². The van der Waals surface area contributed by atoms with E-state index < -0.39 is 0 Å². The Morgan fingerprint density at radius 3 is 2.43 bits per heavy atom. The molecule has 0 saturated heterocycles. The fourth-order valence-corrected chi connectivity index (χ4v) is 2.44. The SMILES string of the molecule is CC(C)CCC1(CNC2CC2)CCC1. The summed E-state index contributed by atoms with van der Waals surface area (Å²) in [7, 11) is 0. The van der Waals surface area contributed by atoms with Crippen LogP contribution in [0.15, 0.2) is 0 Å². The van der Waals surface area contributed by atoms with Gasteiger partial charge in [-0.15, -0.1) is 0 Å². The highest BCUT2D eigenvalue weighted by atomic mass is 15.0. The maximum atomic E-state index is 3.72. The zero-order valence-corrected chi connectivity index (χ0v) is 9.81. The molecule has 0 aromatic heterocycles. The Morgan fingerprint density at radius 2 is 2.00 bits per heavy atom. The van der Waals surface area contributed by atoms with E-state index >= 15 is 0 Å². The number of nitrogens with one attached hydrogen (secondary N) is 1. The second-order valence-electron chi connectivity index (χ2n) is 5.94. The fraction of sp³-hybridized carbons (Fsp3) is 1.00. The Morgan fingerprint density at radius 1 is 1.29 bits per heavy atom. The predicted octanol–water partition coefficient (Wildman–Crippen LogP) is 3.34. The molecular weight excluding hydrogens is 170 g/mol. The van der Waals surface area contributed by atoms with Crippen molar-refractivity contribution in [1.29, 1.82) is 0 Å². The number of rotatable bonds is 6. The topological polar surface area (TPSA) is 12.0 Å². The van der Waals surface area contributed by atoms with Crippen molar-refractivity contribution in [3.05, 3.63) is 0 Å². The minimum Gasteiger partial charge on any atom is -0.313 e. The van der Waals surface area contributed by atoms with Crippen LogP contribution in [0, 0.1) is 11.3 Å². The average molecular weight is 195 g/mol. The lowest BCUT2D eigenvalue weighted by molar-refractivity contribution is 0.107. The highest BCUT2D eigenvalue weighted by Gasteiger charge is 2.37. The highest BCUT2D eigenvalue weighted by molar-refractivity contribution is 4.92. The van der Waals surface area contributed by atoms with E-state index in [1.165, 1.54) is 51.5 Å². The van der Waals surface area contributed by atoms with E-state index in [1.54, 1.807) is 0 Å². The lowest BCUT2D eigenvalue weighted by Gasteiger charge is -2.43. The van der Waals surface area contributed by atoms with E-state index in [-0.39, 0.29) is 0 Å². The van der Waals surface area contributed by atoms with Crippen molar-refractivity contribution in [2.75, 3.05) is 6.54 Å². The molecule has 0 aliphatic heterocycles. The standard InChI is InChI=1S/C13H25N/c1-11(2)6-9-13(7-3-8-13)10-14-12-4-5-12/h11-12,14H,3-10H2,1-2H3. The molecule has 0 aromatic carbocycles. The van der Waals surface area contributed by atoms with Gasteiger partial charge in [0.2, 0.25) is 0 Å². The number of hydrogen-bond donors (Lipinski definition) is 1. The molecule has 0 unspecified atom stereocenters. The summed E-state index contributed by atoms with van der Waals surface area (Å²) in [5.41, 5.74) is 0.715. The largest absolute Gasteiger partial charge is 0.313 e. The van der Waals surface area contributed by atoms with E-state index in [2.05, 4.69) is 19.2 Å². The first-order chi connectivity index (χ1) is 6.70. The normalized spacial score (nSPS) is 25.1. The molecule has 0 amide bonds. The van der Waals surface area contributed by atoms with Gasteiger partial charge in [-0.1, -0.05) is 26.7 Å². The minimum atomic E-state index is 0.715. The molecule has 0 atom stereocenters. The first-order valence-electron chi connectivity index (χ1n) is 6.44. The molecule has 1 N–H and O–H groups in total. The molecule has 0 aromatic rings. The summed E-state index contributed by atoms with van der Waals surface area (Å²) in [5, 5.41) is 3.72. The lowest BCUT2D eigenvalue weighted by atomic mass is 9.65. The lowest BCUT2D eigenvalue weighted by Crippen LogP contribution is -2.40. The van der Waals surface area contributed by atoms with E-state index in [1.807, 2.05) is 0 Å². The fourth-order valence-electron chi connectivity index (χ4n) is 2.44. The van der Waals surface area contributed by atoms with Crippen LogP contribution < -0.4 is 5.32 Å². The molecule has 2 rings (SSSR count). The molecule has 1 nitrogen and oxygen atoms in total.